The number of likely N-dealkylation sites (tertiary alicyclic amines) is 1. The second-order valence-corrected chi connectivity index (χ2v) is 9.88. The Morgan fingerprint density at radius 1 is 0.944 bits per heavy atom. The van der Waals surface area contributed by atoms with Gasteiger partial charge >= 0.3 is 6.36 Å². The smallest absolute Gasteiger partial charge is 0.406 e. The number of amides is 1. The maximum atomic E-state index is 13.1. The first-order valence-corrected chi connectivity index (χ1v) is 12.3. The monoisotopic (exact) mass is 494 g/mol. The summed E-state index contributed by atoms with van der Waals surface area (Å²) in [4.78, 5) is 17.4. The number of carbonyl (C=O) groups is 1. The average Bonchev–Trinajstić information content (AvgIpc) is 3.38. The Morgan fingerprint density at radius 3 is 2.39 bits per heavy atom. The van der Waals surface area contributed by atoms with Crippen LogP contribution in [0.2, 0.25) is 0 Å². The van der Waals surface area contributed by atoms with Crippen LogP contribution in [0.5, 0.6) is 5.75 Å². The number of rotatable bonds is 7. The van der Waals surface area contributed by atoms with Gasteiger partial charge in [0, 0.05) is 31.7 Å². The van der Waals surface area contributed by atoms with Crippen LogP contribution in [0.15, 0.2) is 66.7 Å². The van der Waals surface area contributed by atoms with E-state index in [-0.39, 0.29) is 11.7 Å². The molecule has 7 heteroatoms. The van der Waals surface area contributed by atoms with E-state index < -0.39 is 6.36 Å². The van der Waals surface area contributed by atoms with Gasteiger partial charge in [-0.25, -0.2) is 0 Å². The number of ether oxygens (including phenoxy) is 1. The van der Waals surface area contributed by atoms with Gasteiger partial charge in [-0.15, -0.1) is 13.2 Å². The lowest BCUT2D eigenvalue weighted by atomic mass is 9.93. The molecular formula is C29H29F3N2O2. The fraction of sp³-hybridized carbons (Fsp3) is 0.345. The van der Waals surface area contributed by atoms with E-state index in [1.165, 1.54) is 29.7 Å². The molecule has 36 heavy (non-hydrogen) atoms. The SMILES string of the molecule is Cc1cc(CC2CCN(Cc3ccccc3)C2)cc2c1C(=O)N(Cc1ccc(OC(F)(F)F)cc1)C2. The van der Waals surface area contributed by atoms with Crippen LogP contribution in [-0.4, -0.2) is 35.2 Å². The van der Waals surface area contributed by atoms with Gasteiger partial charge in [-0.3, -0.25) is 9.69 Å². The molecule has 3 aromatic rings. The van der Waals surface area contributed by atoms with Crippen molar-refractivity contribution in [1.82, 2.24) is 9.80 Å². The van der Waals surface area contributed by atoms with Crippen LogP contribution in [0.3, 0.4) is 0 Å². The van der Waals surface area contributed by atoms with Crippen molar-refractivity contribution in [3.8, 4) is 5.75 Å². The molecule has 0 saturated carbocycles. The fourth-order valence-electron chi connectivity index (χ4n) is 5.47. The maximum absolute atomic E-state index is 13.1. The third kappa shape index (κ3) is 5.73. The first-order valence-electron chi connectivity index (χ1n) is 12.3. The highest BCUT2D eigenvalue weighted by Crippen LogP contribution is 2.31. The van der Waals surface area contributed by atoms with Gasteiger partial charge < -0.3 is 9.64 Å². The zero-order valence-electron chi connectivity index (χ0n) is 20.2. The Morgan fingerprint density at radius 2 is 1.67 bits per heavy atom. The summed E-state index contributed by atoms with van der Waals surface area (Å²) >= 11 is 0. The number of hydrogen-bond acceptors (Lipinski definition) is 3. The summed E-state index contributed by atoms with van der Waals surface area (Å²) in [5.74, 6) is 0.299. The van der Waals surface area contributed by atoms with E-state index >= 15 is 0 Å². The van der Waals surface area contributed by atoms with Gasteiger partial charge in [0.1, 0.15) is 5.75 Å². The first-order chi connectivity index (χ1) is 17.2. The molecule has 0 radical (unpaired) electrons. The van der Waals surface area contributed by atoms with Crippen molar-refractivity contribution in [2.75, 3.05) is 13.1 Å². The minimum atomic E-state index is -4.72. The van der Waals surface area contributed by atoms with Gasteiger partial charge in [0.15, 0.2) is 0 Å². The van der Waals surface area contributed by atoms with Crippen LogP contribution in [0.1, 0.15) is 44.6 Å². The Kier molecular flexibility index (Phi) is 6.75. The molecule has 0 aromatic heterocycles. The Labute approximate surface area is 209 Å². The van der Waals surface area contributed by atoms with E-state index in [1.54, 1.807) is 17.0 Å². The molecule has 2 heterocycles. The van der Waals surface area contributed by atoms with Crippen LogP contribution < -0.4 is 4.74 Å². The largest absolute Gasteiger partial charge is 0.573 e. The summed E-state index contributed by atoms with van der Waals surface area (Å²) in [5, 5.41) is 0. The summed E-state index contributed by atoms with van der Waals surface area (Å²) in [6.07, 6.45) is -2.56. The molecule has 1 fully saturated rings. The van der Waals surface area contributed by atoms with Gasteiger partial charge in [-0.05, 0) is 72.2 Å². The normalized spacial score (nSPS) is 18.1. The molecule has 0 bridgehead atoms. The Hall–Kier alpha value is -3.32. The number of alkyl halides is 3. The lowest BCUT2D eigenvalue weighted by Crippen LogP contribution is -2.23. The third-order valence-corrected chi connectivity index (χ3v) is 7.01. The van der Waals surface area contributed by atoms with E-state index in [9.17, 15) is 18.0 Å². The summed E-state index contributed by atoms with van der Waals surface area (Å²) in [6, 6.07) is 20.6. The molecule has 0 N–H and O–H groups in total. The summed E-state index contributed by atoms with van der Waals surface area (Å²) in [5.41, 5.74) is 6.14. The lowest BCUT2D eigenvalue weighted by Gasteiger charge is -2.16. The number of fused-ring (bicyclic) bond motifs is 1. The number of halogens is 3. The second kappa shape index (κ2) is 9.97. The number of carbonyl (C=O) groups excluding carboxylic acids is 1. The van der Waals surface area contributed by atoms with Gasteiger partial charge in [0.25, 0.3) is 5.91 Å². The topological polar surface area (TPSA) is 32.8 Å². The molecule has 1 saturated heterocycles. The van der Waals surface area contributed by atoms with Crippen molar-refractivity contribution >= 4 is 5.91 Å². The van der Waals surface area contributed by atoms with Crippen molar-refractivity contribution < 1.29 is 22.7 Å². The minimum absolute atomic E-state index is 0.0282. The third-order valence-electron chi connectivity index (χ3n) is 7.01. The van der Waals surface area contributed by atoms with E-state index in [4.69, 9.17) is 0 Å². The summed E-state index contributed by atoms with van der Waals surface area (Å²) < 4.78 is 41.1. The summed E-state index contributed by atoms with van der Waals surface area (Å²) in [7, 11) is 0. The number of nitrogens with zero attached hydrogens (tertiary/aromatic N) is 2. The molecular weight excluding hydrogens is 465 g/mol. The van der Waals surface area contributed by atoms with E-state index in [1.807, 2.05) is 13.0 Å². The predicted octanol–water partition coefficient (Wildman–Crippen LogP) is 6.11. The second-order valence-electron chi connectivity index (χ2n) is 9.88. The van der Waals surface area contributed by atoms with E-state index in [2.05, 4.69) is 46.0 Å². The molecule has 4 nitrogen and oxygen atoms in total. The molecule has 2 aliphatic heterocycles. The number of hydrogen-bond donors (Lipinski definition) is 0. The van der Waals surface area contributed by atoms with Crippen molar-refractivity contribution in [3.05, 3.63) is 100 Å². The highest BCUT2D eigenvalue weighted by Gasteiger charge is 2.32. The molecule has 1 unspecified atom stereocenters. The highest BCUT2D eigenvalue weighted by atomic mass is 19.4. The van der Waals surface area contributed by atoms with Crippen LogP contribution in [-0.2, 0) is 26.1 Å². The average molecular weight is 495 g/mol. The number of benzene rings is 3. The van der Waals surface area contributed by atoms with Gasteiger partial charge in [-0.1, -0.05) is 54.6 Å². The van der Waals surface area contributed by atoms with Crippen molar-refractivity contribution in [1.29, 1.82) is 0 Å². The molecule has 1 amide bonds. The van der Waals surface area contributed by atoms with E-state index in [0.717, 1.165) is 48.3 Å². The van der Waals surface area contributed by atoms with Crippen LogP contribution in [0, 0.1) is 12.8 Å². The fourth-order valence-corrected chi connectivity index (χ4v) is 5.47. The van der Waals surface area contributed by atoms with Gasteiger partial charge in [-0.2, -0.15) is 0 Å². The summed E-state index contributed by atoms with van der Waals surface area (Å²) in [6.45, 7) is 5.99. The minimum Gasteiger partial charge on any atom is -0.406 e. The molecule has 2 aliphatic rings. The first kappa shape index (κ1) is 24.4. The molecule has 188 valence electrons. The van der Waals surface area contributed by atoms with E-state index in [0.29, 0.717) is 19.0 Å². The quantitative estimate of drug-likeness (QED) is 0.397. The van der Waals surface area contributed by atoms with Gasteiger partial charge in [0.2, 0.25) is 0 Å². The zero-order chi connectivity index (χ0) is 25.3. The number of aryl methyl sites for hydroxylation is 1. The Balaban J connectivity index is 1.21. The van der Waals surface area contributed by atoms with Crippen LogP contribution >= 0.6 is 0 Å². The zero-order valence-corrected chi connectivity index (χ0v) is 20.2. The Bertz CT molecular complexity index is 1230. The maximum Gasteiger partial charge on any atom is 0.573 e. The van der Waals surface area contributed by atoms with Crippen molar-refractivity contribution in [2.24, 2.45) is 5.92 Å². The van der Waals surface area contributed by atoms with Crippen molar-refractivity contribution in [2.45, 2.75) is 45.8 Å². The molecule has 1 atom stereocenters. The molecule has 0 aliphatic carbocycles. The van der Waals surface area contributed by atoms with Crippen molar-refractivity contribution in [3.63, 3.8) is 0 Å². The molecule has 3 aromatic carbocycles. The highest BCUT2D eigenvalue weighted by molar-refractivity contribution is 5.99. The van der Waals surface area contributed by atoms with Gasteiger partial charge in [0.05, 0.1) is 0 Å². The van der Waals surface area contributed by atoms with Crippen LogP contribution in [0.25, 0.3) is 0 Å². The standard InChI is InChI=1S/C29H29F3N2O2/c1-20-13-24(14-23-11-12-33(17-23)16-21-5-3-2-4-6-21)15-25-19-34(28(35)27(20)25)18-22-7-9-26(10-8-22)36-29(30,31)32/h2-10,13,15,23H,11-12,14,16-19H2,1H3. The molecule has 5 rings (SSSR count). The lowest BCUT2D eigenvalue weighted by molar-refractivity contribution is -0.274. The van der Waals surface area contributed by atoms with Crippen LogP contribution in [0.4, 0.5) is 13.2 Å². The molecule has 0 spiro atoms. The predicted molar refractivity (Wildman–Crippen MR) is 131 cm³/mol.